The fourth-order valence-corrected chi connectivity index (χ4v) is 3.58. The monoisotopic (exact) mass is 306 g/mol. The second-order valence-corrected chi connectivity index (χ2v) is 6.09. The fraction of sp³-hybridized carbons (Fsp3) is 0.500. The molecule has 112 valence electrons. The van der Waals surface area contributed by atoms with Crippen LogP contribution in [-0.2, 0) is 0 Å². The number of aryl methyl sites for hydroxylation is 1. The molecule has 21 heavy (non-hydrogen) atoms. The lowest BCUT2D eigenvalue weighted by atomic mass is 10.1. The minimum Gasteiger partial charge on any atom is -0.389 e. The molecule has 0 aromatic carbocycles. The highest BCUT2D eigenvalue weighted by Crippen LogP contribution is 2.34. The molecular weight excluding hydrogens is 288 g/mol. The van der Waals surface area contributed by atoms with E-state index in [0.717, 1.165) is 18.7 Å². The lowest BCUT2D eigenvalue weighted by Gasteiger charge is -2.28. The third-order valence-electron chi connectivity index (χ3n) is 4.24. The maximum atomic E-state index is 12.3. The number of imidazole rings is 1. The quantitative estimate of drug-likeness (QED) is 0.932. The lowest BCUT2D eigenvalue weighted by molar-refractivity contribution is 0.0437. The first kappa shape index (κ1) is 14.2. The van der Waals surface area contributed by atoms with E-state index in [9.17, 15) is 9.90 Å². The Morgan fingerprint density at radius 3 is 2.90 bits per heavy atom. The molecule has 0 aliphatic heterocycles. The summed E-state index contributed by atoms with van der Waals surface area (Å²) in [4.78, 5) is 22.2. The van der Waals surface area contributed by atoms with Gasteiger partial charge >= 0.3 is 0 Å². The van der Waals surface area contributed by atoms with Gasteiger partial charge in [-0.2, -0.15) is 0 Å². The maximum absolute atomic E-state index is 12.3. The number of rotatable bonds is 3. The van der Waals surface area contributed by atoms with Gasteiger partial charge < -0.3 is 14.6 Å². The maximum Gasteiger partial charge on any atom is 0.273 e. The second kappa shape index (κ2) is 5.57. The number of carbonyl (C=O) groups excluding carboxylic acids is 1. The van der Waals surface area contributed by atoms with Gasteiger partial charge in [0.2, 0.25) is 0 Å². The molecule has 1 saturated carbocycles. The Morgan fingerprint density at radius 1 is 1.48 bits per heavy atom. The predicted molar refractivity (Wildman–Crippen MR) is 79.2 cm³/mol. The van der Waals surface area contributed by atoms with E-state index in [1.165, 1.54) is 11.3 Å². The molecule has 1 N–H and O–H groups in total. The van der Waals surface area contributed by atoms with Crippen LogP contribution in [0.1, 0.15) is 35.2 Å². The highest BCUT2D eigenvalue weighted by Gasteiger charge is 2.40. The van der Waals surface area contributed by atoms with Gasteiger partial charge in [0.1, 0.15) is 11.5 Å². The first-order valence-corrected chi connectivity index (χ1v) is 7.86. The summed E-state index contributed by atoms with van der Waals surface area (Å²) in [7, 11) is 1.73. The van der Waals surface area contributed by atoms with Crippen molar-refractivity contribution in [2.45, 2.75) is 38.0 Å². The molecule has 2 heterocycles. The summed E-state index contributed by atoms with van der Waals surface area (Å²) < 4.78 is 1.99. The van der Waals surface area contributed by atoms with Crippen molar-refractivity contribution < 1.29 is 9.90 Å². The topological polar surface area (TPSA) is 71.2 Å². The normalized spacial score (nSPS) is 25.2. The molecule has 2 aromatic heterocycles. The molecule has 1 aliphatic rings. The number of aliphatic hydroxyl groups is 1. The zero-order valence-electron chi connectivity index (χ0n) is 12.0. The van der Waals surface area contributed by atoms with Crippen LogP contribution in [0.3, 0.4) is 0 Å². The van der Waals surface area contributed by atoms with E-state index >= 15 is 0 Å². The number of hydrogen-bond acceptors (Lipinski definition) is 5. The SMILES string of the molecule is Cc1nccn1[C@@H]1CC[C@@H](N(C)C(=O)c2cscn2)[C@H]1O. The number of likely N-dealkylation sites (N-methyl/N-ethyl adjacent to an activating group) is 1. The Balaban J connectivity index is 1.76. The van der Waals surface area contributed by atoms with E-state index < -0.39 is 6.10 Å². The Labute approximate surface area is 127 Å². The van der Waals surface area contributed by atoms with Crippen molar-refractivity contribution in [3.05, 3.63) is 34.8 Å². The fourth-order valence-electron chi connectivity index (χ4n) is 3.05. The van der Waals surface area contributed by atoms with Crippen molar-refractivity contribution in [2.75, 3.05) is 7.05 Å². The largest absolute Gasteiger partial charge is 0.389 e. The number of amides is 1. The van der Waals surface area contributed by atoms with Crippen molar-refractivity contribution in [3.63, 3.8) is 0 Å². The van der Waals surface area contributed by atoms with Gasteiger partial charge in [-0.3, -0.25) is 4.79 Å². The van der Waals surface area contributed by atoms with Crippen LogP contribution in [0.15, 0.2) is 23.3 Å². The smallest absolute Gasteiger partial charge is 0.273 e. The van der Waals surface area contributed by atoms with Crippen LogP contribution in [-0.4, -0.2) is 49.6 Å². The summed E-state index contributed by atoms with van der Waals surface area (Å²) in [6, 6.07) is -0.214. The molecule has 0 saturated heterocycles. The van der Waals surface area contributed by atoms with Crippen molar-refractivity contribution in [3.8, 4) is 0 Å². The first-order chi connectivity index (χ1) is 10.1. The highest BCUT2D eigenvalue weighted by molar-refractivity contribution is 7.07. The molecule has 0 radical (unpaired) electrons. The predicted octanol–water partition coefficient (Wildman–Crippen LogP) is 1.48. The summed E-state index contributed by atoms with van der Waals surface area (Å²) in [6.45, 7) is 1.92. The van der Waals surface area contributed by atoms with Crippen LogP contribution in [0, 0.1) is 6.92 Å². The van der Waals surface area contributed by atoms with Crippen LogP contribution in [0.5, 0.6) is 0 Å². The molecule has 7 heteroatoms. The summed E-state index contributed by atoms with van der Waals surface area (Å²) >= 11 is 1.40. The van der Waals surface area contributed by atoms with E-state index in [2.05, 4.69) is 9.97 Å². The molecule has 1 amide bonds. The lowest BCUT2D eigenvalue weighted by Crippen LogP contribution is -2.43. The van der Waals surface area contributed by atoms with Crippen LogP contribution < -0.4 is 0 Å². The van der Waals surface area contributed by atoms with Crippen LogP contribution in [0.25, 0.3) is 0 Å². The van der Waals surface area contributed by atoms with Gasteiger partial charge in [-0.05, 0) is 19.8 Å². The van der Waals surface area contributed by atoms with Gasteiger partial charge in [-0.15, -0.1) is 11.3 Å². The first-order valence-electron chi connectivity index (χ1n) is 6.92. The molecule has 1 aliphatic carbocycles. The van der Waals surface area contributed by atoms with Gasteiger partial charge in [0.15, 0.2) is 0 Å². The molecule has 3 rings (SSSR count). The third-order valence-corrected chi connectivity index (χ3v) is 4.82. The third kappa shape index (κ3) is 2.47. The molecule has 3 atom stereocenters. The summed E-state index contributed by atoms with van der Waals surface area (Å²) in [6.07, 6.45) is 4.63. The van der Waals surface area contributed by atoms with E-state index in [-0.39, 0.29) is 18.0 Å². The minimum absolute atomic E-state index is 0.0248. The van der Waals surface area contributed by atoms with Gasteiger partial charge in [-0.25, -0.2) is 9.97 Å². The van der Waals surface area contributed by atoms with Crippen molar-refractivity contribution in [1.29, 1.82) is 0 Å². The Morgan fingerprint density at radius 2 is 2.29 bits per heavy atom. The van der Waals surface area contributed by atoms with Crippen molar-refractivity contribution in [2.24, 2.45) is 0 Å². The van der Waals surface area contributed by atoms with Crippen molar-refractivity contribution in [1.82, 2.24) is 19.4 Å². The Hall–Kier alpha value is -1.73. The average molecular weight is 306 g/mol. The summed E-state index contributed by atoms with van der Waals surface area (Å²) in [5.41, 5.74) is 2.08. The molecular formula is C14H18N4O2S. The molecule has 0 bridgehead atoms. The van der Waals surface area contributed by atoms with E-state index in [4.69, 9.17) is 0 Å². The number of aliphatic hydroxyl groups excluding tert-OH is 1. The molecule has 0 spiro atoms. The zero-order chi connectivity index (χ0) is 15.0. The zero-order valence-corrected chi connectivity index (χ0v) is 12.8. The van der Waals surface area contributed by atoms with Gasteiger partial charge in [-0.1, -0.05) is 0 Å². The Kier molecular flexibility index (Phi) is 3.77. The van der Waals surface area contributed by atoms with Crippen LogP contribution in [0.2, 0.25) is 0 Å². The average Bonchev–Trinajstić information content (AvgIpc) is 3.18. The molecule has 1 fully saturated rings. The standard InChI is InChI=1S/C14H18N4O2S/c1-9-15-5-6-18(9)12-4-3-11(13(12)19)17(2)14(20)10-7-21-8-16-10/h5-8,11-13,19H,3-4H2,1-2H3/t11-,12-,13-/m1/s1. The summed E-state index contributed by atoms with van der Waals surface area (Å²) in [5, 5.41) is 12.3. The van der Waals surface area contributed by atoms with Crippen molar-refractivity contribution >= 4 is 17.2 Å². The van der Waals surface area contributed by atoms with Gasteiger partial charge in [0, 0.05) is 24.8 Å². The highest BCUT2D eigenvalue weighted by atomic mass is 32.1. The van der Waals surface area contributed by atoms with E-state index in [0.29, 0.717) is 5.69 Å². The molecule has 6 nitrogen and oxygen atoms in total. The summed E-state index contributed by atoms with van der Waals surface area (Å²) in [5.74, 6) is 0.747. The molecule has 2 aromatic rings. The van der Waals surface area contributed by atoms with E-state index in [1.54, 1.807) is 29.0 Å². The number of aromatic nitrogens is 3. The van der Waals surface area contributed by atoms with E-state index in [1.807, 2.05) is 17.7 Å². The van der Waals surface area contributed by atoms with Gasteiger partial charge in [0.25, 0.3) is 5.91 Å². The second-order valence-electron chi connectivity index (χ2n) is 5.37. The van der Waals surface area contributed by atoms with Gasteiger partial charge in [0.05, 0.1) is 23.7 Å². The van der Waals surface area contributed by atoms with Crippen LogP contribution in [0.4, 0.5) is 0 Å². The Bertz CT molecular complexity index is 625. The minimum atomic E-state index is -0.592. The van der Waals surface area contributed by atoms with Crippen LogP contribution >= 0.6 is 11.3 Å². The number of nitrogens with zero attached hydrogens (tertiary/aromatic N) is 4. The molecule has 0 unspecified atom stereocenters. The number of carbonyl (C=O) groups is 1. The number of thiazole rings is 1. The number of hydrogen-bond donors (Lipinski definition) is 1.